The lowest BCUT2D eigenvalue weighted by Gasteiger charge is -2.21. The van der Waals surface area contributed by atoms with Crippen LogP contribution in [0.25, 0.3) is 0 Å². The summed E-state index contributed by atoms with van der Waals surface area (Å²) in [7, 11) is 1.62. The first-order valence-electron chi connectivity index (χ1n) is 8.43. The molecule has 8 nitrogen and oxygen atoms in total. The third-order valence-electron chi connectivity index (χ3n) is 4.09. The fraction of sp³-hybridized carbons (Fsp3) is 0.316. The van der Waals surface area contributed by atoms with Gasteiger partial charge in [-0.2, -0.15) is 0 Å². The molecule has 0 unspecified atom stereocenters. The number of nitrogens with zero attached hydrogens (tertiary/aromatic N) is 1. The van der Waals surface area contributed by atoms with E-state index in [1.54, 1.807) is 13.1 Å². The van der Waals surface area contributed by atoms with Gasteiger partial charge in [-0.15, -0.1) is 0 Å². The number of likely N-dealkylation sites (N-methyl/N-ethyl adjacent to an activating group) is 1. The molecular weight excluding hydrogens is 352 g/mol. The van der Waals surface area contributed by atoms with Crippen molar-refractivity contribution in [2.45, 2.75) is 13.5 Å². The van der Waals surface area contributed by atoms with Crippen molar-refractivity contribution in [3.8, 4) is 11.5 Å². The number of ketones is 1. The Morgan fingerprint density at radius 1 is 1.15 bits per heavy atom. The number of benzene rings is 1. The highest BCUT2D eigenvalue weighted by molar-refractivity contribution is 5.97. The molecule has 0 saturated carbocycles. The van der Waals surface area contributed by atoms with Gasteiger partial charge >= 0.3 is 5.97 Å². The van der Waals surface area contributed by atoms with Gasteiger partial charge in [-0.1, -0.05) is 6.07 Å². The summed E-state index contributed by atoms with van der Waals surface area (Å²) in [5, 5.41) is 0. The molecule has 8 heteroatoms. The number of ether oxygens (including phenoxy) is 3. The second-order valence-electron chi connectivity index (χ2n) is 6.16. The molecule has 0 radical (unpaired) electrons. The van der Waals surface area contributed by atoms with Crippen LogP contribution in [0.2, 0.25) is 0 Å². The molecular formula is C19H20N2O6. The van der Waals surface area contributed by atoms with Crippen molar-refractivity contribution in [1.29, 1.82) is 0 Å². The minimum atomic E-state index is -0.691. The first-order valence-corrected chi connectivity index (χ1v) is 8.43. The zero-order valence-electron chi connectivity index (χ0n) is 15.1. The molecule has 1 aliphatic rings. The van der Waals surface area contributed by atoms with Gasteiger partial charge < -0.3 is 24.1 Å². The van der Waals surface area contributed by atoms with Crippen molar-refractivity contribution >= 4 is 17.7 Å². The van der Waals surface area contributed by atoms with Crippen LogP contribution in [0.15, 0.2) is 30.5 Å². The van der Waals surface area contributed by atoms with E-state index in [4.69, 9.17) is 14.2 Å². The zero-order chi connectivity index (χ0) is 19.4. The van der Waals surface area contributed by atoms with Crippen molar-refractivity contribution < 1.29 is 28.6 Å². The molecule has 0 fully saturated rings. The van der Waals surface area contributed by atoms with Crippen LogP contribution >= 0.6 is 0 Å². The number of aromatic nitrogens is 1. The molecule has 2 aromatic rings. The Bertz CT molecular complexity index is 873. The first kappa shape index (κ1) is 18.5. The van der Waals surface area contributed by atoms with Gasteiger partial charge in [-0.25, -0.2) is 4.79 Å². The Kier molecular flexibility index (Phi) is 5.44. The molecule has 0 aliphatic carbocycles. The second-order valence-corrected chi connectivity index (χ2v) is 6.16. The molecule has 0 atom stereocenters. The number of esters is 1. The van der Waals surface area contributed by atoms with Crippen LogP contribution in [0.4, 0.5) is 0 Å². The fourth-order valence-electron chi connectivity index (χ4n) is 2.58. The second kappa shape index (κ2) is 7.94. The topological polar surface area (TPSA) is 97.9 Å². The Morgan fingerprint density at radius 3 is 2.59 bits per heavy atom. The quantitative estimate of drug-likeness (QED) is 0.613. The lowest BCUT2D eigenvalue weighted by Crippen LogP contribution is -2.31. The smallest absolute Gasteiger partial charge is 0.355 e. The van der Waals surface area contributed by atoms with Crippen LogP contribution in [0, 0.1) is 0 Å². The number of H-pyrrole nitrogens is 1. The Morgan fingerprint density at radius 2 is 1.89 bits per heavy atom. The normalized spacial score (nSPS) is 12.4. The summed E-state index contributed by atoms with van der Waals surface area (Å²) in [6.45, 7) is 2.35. The molecule has 142 valence electrons. The van der Waals surface area contributed by atoms with Gasteiger partial charge in [0.25, 0.3) is 5.91 Å². The predicted molar refractivity (Wildman–Crippen MR) is 95.0 cm³/mol. The summed E-state index contributed by atoms with van der Waals surface area (Å²) >= 11 is 0. The van der Waals surface area contributed by atoms with Crippen molar-refractivity contribution in [2.75, 3.05) is 26.9 Å². The third kappa shape index (κ3) is 4.46. The zero-order valence-corrected chi connectivity index (χ0v) is 15.1. The van der Waals surface area contributed by atoms with Crippen molar-refractivity contribution in [3.63, 3.8) is 0 Å². The number of Topliss-reactive ketones (excluding diaryl/α,β-unsaturated/α-hetero) is 1. The Balaban J connectivity index is 1.53. The predicted octanol–water partition coefficient (Wildman–Crippen LogP) is 1.80. The summed E-state index contributed by atoms with van der Waals surface area (Å²) in [6, 6.07) is 6.88. The maximum Gasteiger partial charge on any atom is 0.355 e. The lowest BCUT2D eigenvalue weighted by molar-refractivity contribution is -0.133. The molecule has 1 amide bonds. The largest absolute Gasteiger partial charge is 0.486 e. The number of hydrogen-bond acceptors (Lipinski definition) is 6. The number of nitrogens with one attached hydrogen (secondary N) is 1. The highest BCUT2D eigenvalue weighted by atomic mass is 16.6. The van der Waals surface area contributed by atoms with Crippen molar-refractivity contribution in [1.82, 2.24) is 9.88 Å². The minimum absolute atomic E-state index is 0.127. The summed E-state index contributed by atoms with van der Waals surface area (Å²) in [6.07, 6.45) is 1.43. The van der Waals surface area contributed by atoms with E-state index in [0.29, 0.717) is 36.8 Å². The van der Waals surface area contributed by atoms with E-state index >= 15 is 0 Å². The number of carbonyl (C=O) groups is 3. The van der Waals surface area contributed by atoms with Crippen LogP contribution in [0.5, 0.6) is 11.5 Å². The number of rotatable bonds is 6. The van der Waals surface area contributed by atoms with Gasteiger partial charge in [0, 0.05) is 25.4 Å². The van der Waals surface area contributed by atoms with Gasteiger partial charge in [0.1, 0.15) is 18.9 Å². The van der Waals surface area contributed by atoms with Crippen LogP contribution < -0.4 is 9.47 Å². The van der Waals surface area contributed by atoms with E-state index in [1.165, 1.54) is 24.1 Å². The number of hydrogen-bond donors (Lipinski definition) is 1. The summed E-state index contributed by atoms with van der Waals surface area (Å²) in [5.41, 5.74) is 1.38. The molecule has 0 saturated heterocycles. The summed E-state index contributed by atoms with van der Waals surface area (Å²) in [4.78, 5) is 39.5. The Hall–Kier alpha value is -3.29. The van der Waals surface area contributed by atoms with E-state index in [1.807, 2.05) is 12.1 Å². The van der Waals surface area contributed by atoms with Gasteiger partial charge in [0.15, 0.2) is 23.9 Å². The third-order valence-corrected chi connectivity index (χ3v) is 4.09. The number of carbonyl (C=O) groups excluding carboxylic acids is 3. The van der Waals surface area contributed by atoms with Gasteiger partial charge in [-0.3, -0.25) is 9.59 Å². The van der Waals surface area contributed by atoms with Crippen LogP contribution in [0.1, 0.15) is 33.3 Å². The first-order chi connectivity index (χ1) is 12.9. The van der Waals surface area contributed by atoms with Crippen molar-refractivity contribution in [2.24, 2.45) is 0 Å². The van der Waals surface area contributed by atoms with Crippen LogP contribution in [-0.4, -0.2) is 54.4 Å². The summed E-state index contributed by atoms with van der Waals surface area (Å²) in [5.74, 6) is 0.128. The molecule has 27 heavy (non-hydrogen) atoms. The molecule has 1 N–H and O–H groups in total. The molecule has 2 heterocycles. The fourth-order valence-corrected chi connectivity index (χ4v) is 2.58. The van der Waals surface area contributed by atoms with Gasteiger partial charge in [0.2, 0.25) is 0 Å². The van der Waals surface area contributed by atoms with Crippen LogP contribution in [0.3, 0.4) is 0 Å². The average Bonchev–Trinajstić information content (AvgIpc) is 3.16. The number of aromatic amines is 1. The van der Waals surface area contributed by atoms with E-state index in [-0.39, 0.29) is 17.4 Å². The van der Waals surface area contributed by atoms with E-state index in [0.717, 1.165) is 5.56 Å². The summed E-state index contributed by atoms with van der Waals surface area (Å²) < 4.78 is 16.0. The minimum Gasteiger partial charge on any atom is -0.486 e. The molecule has 0 spiro atoms. The van der Waals surface area contributed by atoms with Gasteiger partial charge in [0.05, 0.1) is 0 Å². The van der Waals surface area contributed by atoms with E-state index in [2.05, 4.69) is 4.98 Å². The monoisotopic (exact) mass is 372 g/mol. The lowest BCUT2D eigenvalue weighted by atomic mass is 10.2. The maximum absolute atomic E-state index is 12.2. The molecule has 1 aromatic carbocycles. The van der Waals surface area contributed by atoms with Crippen molar-refractivity contribution in [3.05, 3.63) is 47.3 Å². The average molecular weight is 372 g/mol. The number of fused-ring (bicyclic) bond motifs is 1. The number of amides is 1. The molecule has 1 aromatic heterocycles. The van der Waals surface area contributed by atoms with E-state index < -0.39 is 12.6 Å². The van der Waals surface area contributed by atoms with E-state index in [9.17, 15) is 14.4 Å². The highest BCUT2D eigenvalue weighted by Crippen LogP contribution is 2.31. The molecule has 0 bridgehead atoms. The van der Waals surface area contributed by atoms with Crippen LogP contribution in [-0.2, 0) is 16.1 Å². The highest BCUT2D eigenvalue weighted by Gasteiger charge is 2.17. The van der Waals surface area contributed by atoms with Gasteiger partial charge in [-0.05, 0) is 30.7 Å². The molecule has 1 aliphatic heterocycles. The standard InChI is InChI=1S/C19H20N2O6/c1-12(22)14-8-15(20-9-14)19(24)27-11-18(23)21(2)10-13-3-4-16-17(7-13)26-6-5-25-16/h3-4,7-9,20H,5-6,10-11H2,1-2H3. The SMILES string of the molecule is CC(=O)c1c[nH]c(C(=O)OCC(=O)N(C)Cc2ccc3c(c2)OCCO3)c1. The maximum atomic E-state index is 12.2. The molecule has 3 rings (SSSR count). The Labute approximate surface area is 156 Å².